The fourth-order valence-electron chi connectivity index (χ4n) is 7.11. The molecule has 1 heterocycles. The van der Waals surface area contributed by atoms with E-state index in [4.69, 9.17) is 9.47 Å². The Bertz CT molecular complexity index is 1800. The Labute approximate surface area is 249 Å². The second-order valence-corrected chi connectivity index (χ2v) is 10.5. The number of rotatable bonds is 4. The Morgan fingerprint density at radius 2 is 1.19 bits per heavy atom. The van der Waals surface area contributed by atoms with Crippen molar-refractivity contribution >= 4 is 23.2 Å². The largest absolute Gasteiger partial charge is 0.467 e. The van der Waals surface area contributed by atoms with Gasteiger partial charge in [-0.1, -0.05) is 97.1 Å². The Morgan fingerprint density at radius 3 is 1.74 bits per heavy atom. The molecule has 1 saturated heterocycles. The summed E-state index contributed by atoms with van der Waals surface area (Å²) in [6.45, 7) is 0. The van der Waals surface area contributed by atoms with Gasteiger partial charge in [0.1, 0.15) is 17.7 Å². The van der Waals surface area contributed by atoms with Gasteiger partial charge in [0.25, 0.3) is 0 Å². The number of fused-ring (bicyclic) bond motifs is 5. The van der Waals surface area contributed by atoms with Crippen molar-refractivity contribution in [3.63, 3.8) is 0 Å². The summed E-state index contributed by atoms with van der Waals surface area (Å²) >= 11 is 0. The van der Waals surface area contributed by atoms with Crippen molar-refractivity contribution in [2.75, 3.05) is 19.1 Å². The normalized spacial score (nSPS) is 19.4. The van der Waals surface area contributed by atoms with Crippen molar-refractivity contribution in [1.82, 2.24) is 0 Å². The lowest BCUT2D eigenvalue weighted by atomic mass is 9.71. The molecule has 7 nitrogen and oxygen atoms in total. The topological polar surface area (TPSA) is 103 Å². The van der Waals surface area contributed by atoms with Gasteiger partial charge in [0, 0.05) is 23.1 Å². The number of nitriles is 2. The summed E-state index contributed by atoms with van der Waals surface area (Å²) in [4.78, 5) is 30.7. The molecule has 2 aliphatic rings. The highest BCUT2D eigenvalue weighted by molar-refractivity contribution is 6.12. The molecule has 0 bridgehead atoms. The molecule has 7 heteroatoms. The fourth-order valence-corrected chi connectivity index (χ4v) is 7.11. The minimum Gasteiger partial charge on any atom is -0.467 e. The summed E-state index contributed by atoms with van der Waals surface area (Å²) < 4.78 is 11.0. The van der Waals surface area contributed by atoms with Crippen LogP contribution in [-0.2, 0) is 19.1 Å². The summed E-state index contributed by atoms with van der Waals surface area (Å²) in [5, 5.41) is 20.2. The van der Waals surface area contributed by atoms with Gasteiger partial charge in [0.2, 0.25) is 5.54 Å². The molecule has 210 valence electrons. The van der Waals surface area contributed by atoms with E-state index in [9.17, 15) is 20.1 Å². The van der Waals surface area contributed by atoms with Gasteiger partial charge in [0.05, 0.1) is 20.3 Å². The zero-order valence-electron chi connectivity index (χ0n) is 23.6. The molecule has 6 rings (SSSR count). The van der Waals surface area contributed by atoms with Crippen molar-refractivity contribution in [3.8, 4) is 12.1 Å². The first-order valence-corrected chi connectivity index (χ1v) is 13.8. The van der Waals surface area contributed by atoms with Gasteiger partial charge in [-0.3, -0.25) is 0 Å². The van der Waals surface area contributed by atoms with Crippen molar-refractivity contribution in [2.24, 2.45) is 0 Å². The first-order valence-electron chi connectivity index (χ1n) is 13.8. The Kier molecular flexibility index (Phi) is 7.01. The number of methoxy groups -OCH3 is 2. The Hall–Kier alpha value is -5.66. The smallest absolute Gasteiger partial charge is 0.344 e. The number of carbonyl (C=O) groups is 2. The van der Waals surface area contributed by atoms with E-state index in [2.05, 4.69) is 12.1 Å². The van der Waals surface area contributed by atoms with Gasteiger partial charge < -0.3 is 14.4 Å². The zero-order valence-corrected chi connectivity index (χ0v) is 23.6. The van der Waals surface area contributed by atoms with Crippen LogP contribution < -0.4 is 4.90 Å². The monoisotopic (exact) mass is 565 g/mol. The van der Waals surface area contributed by atoms with Crippen LogP contribution in [0, 0.1) is 22.7 Å². The number of esters is 2. The minimum atomic E-state index is -1.98. The fraction of sp³-hybridized carbons (Fsp3) is 0.167. The molecule has 4 aromatic rings. The van der Waals surface area contributed by atoms with Gasteiger partial charge in [-0.2, -0.15) is 10.5 Å². The van der Waals surface area contributed by atoms with Gasteiger partial charge in [0.15, 0.2) is 0 Å². The van der Waals surface area contributed by atoms with Crippen LogP contribution in [0.5, 0.6) is 0 Å². The molecule has 1 fully saturated rings. The predicted molar refractivity (Wildman–Crippen MR) is 160 cm³/mol. The number of benzene rings is 4. The van der Waals surface area contributed by atoms with E-state index in [0.29, 0.717) is 28.0 Å². The van der Waals surface area contributed by atoms with E-state index in [0.717, 1.165) is 11.1 Å². The summed E-state index contributed by atoms with van der Waals surface area (Å²) in [6, 6.07) is 37.6. The molecule has 1 aliphatic carbocycles. The molecular formula is C36H27N3O4. The average molecular weight is 566 g/mol. The van der Waals surface area contributed by atoms with Crippen LogP contribution >= 0.6 is 0 Å². The number of allylic oxidation sites excluding steroid dienone is 1. The number of ether oxygens (including phenoxy) is 2. The molecule has 0 N–H and O–H groups in total. The molecular weight excluding hydrogens is 538 g/mol. The van der Waals surface area contributed by atoms with Gasteiger partial charge in [-0.25, -0.2) is 9.59 Å². The standard InChI is InChI=1S/C36H27N3O4/c1-42-34(40)36(35(41)43-2)32-29-20-12-11-19-28(29)30(24(21-37)22-38)26-17-9-10-18-27(26)31(32)33(23-13-5-3-6-14-23)39(36)25-15-7-4-8-16-25/h3-20,31-33H,1-2H3/t31-,32+,33+/m0/s1. The minimum absolute atomic E-state index is 0.0576. The van der Waals surface area contributed by atoms with Crippen LogP contribution in [0.2, 0.25) is 0 Å². The van der Waals surface area contributed by atoms with Crippen molar-refractivity contribution in [3.05, 3.63) is 143 Å². The second kappa shape index (κ2) is 11.0. The van der Waals surface area contributed by atoms with Gasteiger partial charge in [-0.15, -0.1) is 0 Å². The van der Waals surface area contributed by atoms with Crippen LogP contribution in [0.1, 0.15) is 45.7 Å². The molecule has 0 unspecified atom stereocenters. The number of para-hydroxylation sites is 1. The van der Waals surface area contributed by atoms with Crippen LogP contribution in [0.25, 0.3) is 5.57 Å². The third kappa shape index (κ3) is 3.94. The maximum Gasteiger partial charge on any atom is 0.344 e. The first-order chi connectivity index (χ1) is 21.0. The van der Waals surface area contributed by atoms with E-state index in [1.165, 1.54) is 14.2 Å². The third-order valence-corrected chi connectivity index (χ3v) is 8.60. The van der Waals surface area contributed by atoms with Crippen molar-refractivity contribution in [2.45, 2.75) is 23.4 Å². The Morgan fingerprint density at radius 1 is 0.698 bits per heavy atom. The molecule has 0 spiro atoms. The van der Waals surface area contributed by atoms with Gasteiger partial charge >= 0.3 is 11.9 Å². The SMILES string of the molecule is COC(=O)C1(C(=O)OC)[C@@H]2c3ccccc3C(=C(C#N)C#N)c3ccccc3[C@@H]2[C@@H](c2ccccc2)N1c1ccccc1. The zero-order chi connectivity index (χ0) is 30.1. The number of hydrogen-bond donors (Lipinski definition) is 0. The summed E-state index contributed by atoms with van der Waals surface area (Å²) in [5.41, 5.74) is 2.67. The van der Waals surface area contributed by atoms with E-state index < -0.39 is 35.4 Å². The molecule has 0 radical (unpaired) electrons. The number of hydrogen-bond acceptors (Lipinski definition) is 7. The van der Waals surface area contributed by atoms with Crippen LogP contribution in [-0.4, -0.2) is 31.7 Å². The summed E-state index contributed by atoms with van der Waals surface area (Å²) in [7, 11) is 2.54. The van der Waals surface area contributed by atoms with Crippen LogP contribution in [0.3, 0.4) is 0 Å². The van der Waals surface area contributed by atoms with E-state index in [-0.39, 0.29) is 5.57 Å². The van der Waals surface area contributed by atoms with Crippen LogP contribution in [0.15, 0.2) is 115 Å². The second-order valence-electron chi connectivity index (χ2n) is 10.5. The maximum atomic E-state index is 14.4. The molecule has 0 amide bonds. The maximum absolute atomic E-state index is 14.4. The van der Waals surface area contributed by atoms with E-state index in [1.54, 1.807) is 0 Å². The molecule has 0 aromatic heterocycles. The van der Waals surface area contributed by atoms with Crippen molar-refractivity contribution in [1.29, 1.82) is 10.5 Å². The highest BCUT2D eigenvalue weighted by Crippen LogP contribution is 2.64. The lowest BCUT2D eigenvalue weighted by Gasteiger charge is -2.41. The van der Waals surface area contributed by atoms with Crippen LogP contribution in [0.4, 0.5) is 5.69 Å². The first kappa shape index (κ1) is 27.5. The number of carbonyl (C=O) groups excluding carboxylic acids is 2. The van der Waals surface area contributed by atoms with Gasteiger partial charge in [-0.05, 0) is 39.9 Å². The highest BCUT2D eigenvalue weighted by atomic mass is 16.5. The lowest BCUT2D eigenvalue weighted by Crippen LogP contribution is -2.61. The number of anilines is 1. The molecule has 4 aromatic carbocycles. The molecule has 1 aliphatic heterocycles. The van der Waals surface area contributed by atoms with E-state index >= 15 is 0 Å². The highest BCUT2D eigenvalue weighted by Gasteiger charge is 2.71. The Balaban J connectivity index is 1.86. The predicted octanol–water partition coefficient (Wildman–Crippen LogP) is 6.06. The summed E-state index contributed by atoms with van der Waals surface area (Å²) in [5.74, 6) is -2.89. The molecule has 0 saturated carbocycles. The average Bonchev–Trinajstić information content (AvgIpc) is 3.33. The quantitative estimate of drug-likeness (QED) is 0.168. The molecule has 43 heavy (non-hydrogen) atoms. The number of nitrogens with zero attached hydrogens (tertiary/aromatic N) is 3. The molecule has 3 atom stereocenters. The lowest BCUT2D eigenvalue weighted by molar-refractivity contribution is -0.161. The third-order valence-electron chi connectivity index (χ3n) is 8.60. The van der Waals surface area contributed by atoms with Crippen molar-refractivity contribution < 1.29 is 19.1 Å². The summed E-state index contributed by atoms with van der Waals surface area (Å²) in [6.07, 6.45) is 0. The van der Waals surface area contributed by atoms with E-state index in [1.807, 2.05) is 114 Å².